The third-order valence-electron chi connectivity index (χ3n) is 2.15. The first-order valence-corrected chi connectivity index (χ1v) is 5.70. The molecule has 1 amide bonds. The molecule has 0 saturated heterocycles. The van der Waals surface area contributed by atoms with Gasteiger partial charge in [0.1, 0.15) is 0 Å². The fraction of sp³-hybridized carbons (Fsp3) is 0.364. The van der Waals surface area contributed by atoms with Crippen LogP contribution in [0, 0.1) is 6.92 Å². The lowest BCUT2D eigenvalue weighted by Crippen LogP contribution is -2.39. The van der Waals surface area contributed by atoms with Gasteiger partial charge >= 0.3 is 0 Å². The number of carbonyl (C=O) groups excluding carboxylic acids is 1. The summed E-state index contributed by atoms with van der Waals surface area (Å²) in [5.74, 6) is -0.122. The molecule has 1 atom stereocenters. The van der Waals surface area contributed by atoms with Gasteiger partial charge in [-0.05, 0) is 30.4 Å². The van der Waals surface area contributed by atoms with E-state index in [4.69, 9.17) is 5.73 Å². The molecule has 1 aromatic rings. The van der Waals surface area contributed by atoms with E-state index >= 15 is 0 Å². The molecular formula is C11H16N2OS. The van der Waals surface area contributed by atoms with Crippen molar-refractivity contribution in [2.45, 2.75) is 25.9 Å². The number of carbonyl (C=O) groups is 1. The van der Waals surface area contributed by atoms with Gasteiger partial charge in [-0.2, -0.15) is 0 Å². The minimum atomic E-state index is -0.484. The molecule has 3 N–H and O–H groups in total. The van der Waals surface area contributed by atoms with Gasteiger partial charge in [-0.25, -0.2) is 0 Å². The molecule has 0 aromatic carbocycles. The van der Waals surface area contributed by atoms with Crippen LogP contribution < -0.4 is 11.1 Å². The van der Waals surface area contributed by atoms with Gasteiger partial charge in [0.05, 0.1) is 12.6 Å². The van der Waals surface area contributed by atoms with Crippen LogP contribution in [0.1, 0.15) is 16.9 Å². The molecule has 1 unspecified atom stereocenters. The van der Waals surface area contributed by atoms with Crippen molar-refractivity contribution >= 4 is 17.2 Å². The Balaban J connectivity index is 2.40. The topological polar surface area (TPSA) is 55.1 Å². The van der Waals surface area contributed by atoms with Crippen molar-refractivity contribution in [3.63, 3.8) is 0 Å². The summed E-state index contributed by atoms with van der Waals surface area (Å²) in [5, 5.41) is 4.82. The average Bonchev–Trinajstić information content (AvgIpc) is 2.61. The van der Waals surface area contributed by atoms with E-state index < -0.39 is 6.04 Å². The number of amides is 1. The van der Waals surface area contributed by atoms with Gasteiger partial charge in [0, 0.05) is 4.88 Å². The molecule has 0 aliphatic heterocycles. The Labute approximate surface area is 94.0 Å². The predicted octanol–water partition coefficient (Wildman–Crippen LogP) is 1.58. The molecule has 1 aromatic heterocycles. The maximum atomic E-state index is 11.5. The molecule has 1 rings (SSSR count). The molecule has 82 valence electrons. The number of nitrogens with two attached hydrogens (primary N) is 1. The van der Waals surface area contributed by atoms with Crippen LogP contribution in [-0.2, 0) is 11.3 Å². The lowest BCUT2D eigenvalue weighted by atomic mass is 10.2. The number of thiophene rings is 1. The van der Waals surface area contributed by atoms with Gasteiger partial charge in [-0.1, -0.05) is 6.08 Å². The summed E-state index contributed by atoms with van der Waals surface area (Å²) in [7, 11) is 0. The van der Waals surface area contributed by atoms with E-state index in [2.05, 4.69) is 11.9 Å². The van der Waals surface area contributed by atoms with Crippen LogP contribution in [0.4, 0.5) is 0 Å². The second-order valence-electron chi connectivity index (χ2n) is 3.38. The summed E-state index contributed by atoms with van der Waals surface area (Å²) < 4.78 is 0. The highest BCUT2D eigenvalue weighted by molar-refractivity contribution is 7.10. The third kappa shape index (κ3) is 3.49. The molecule has 0 bridgehead atoms. The highest BCUT2D eigenvalue weighted by Gasteiger charge is 2.11. The fourth-order valence-electron chi connectivity index (χ4n) is 1.17. The quantitative estimate of drug-likeness (QED) is 0.746. The molecular weight excluding hydrogens is 208 g/mol. The summed E-state index contributed by atoms with van der Waals surface area (Å²) in [6.45, 7) is 6.14. The van der Waals surface area contributed by atoms with Crippen LogP contribution >= 0.6 is 11.3 Å². The van der Waals surface area contributed by atoms with E-state index in [-0.39, 0.29) is 5.91 Å². The molecule has 4 heteroatoms. The van der Waals surface area contributed by atoms with Crippen molar-refractivity contribution in [1.82, 2.24) is 5.32 Å². The normalized spacial score (nSPS) is 12.1. The zero-order valence-electron chi connectivity index (χ0n) is 8.82. The van der Waals surface area contributed by atoms with Gasteiger partial charge in [-0.15, -0.1) is 17.9 Å². The lowest BCUT2D eigenvalue weighted by Gasteiger charge is -2.09. The summed E-state index contributed by atoms with van der Waals surface area (Å²) in [5.41, 5.74) is 6.83. The second-order valence-corrected chi connectivity index (χ2v) is 4.38. The van der Waals surface area contributed by atoms with Crippen molar-refractivity contribution in [1.29, 1.82) is 0 Å². The van der Waals surface area contributed by atoms with Crippen LogP contribution in [0.25, 0.3) is 0 Å². The molecule has 1 heterocycles. The third-order valence-corrected chi connectivity index (χ3v) is 3.17. The number of aryl methyl sites for hydroxylation is 1. The van der Waals surface area contributed by atoms with Crippen molar-refractivity contribution in [3.8, 4) is 0 Å². The second kappa shape index (κ2) is 5.68. The summed E-state index contributed by atoms with van der Waals surface area (Å²) in [6.07, 6.45) is 2.16. The monoisotopic (exact) mass is 224 g/mol. The number of nitrogens with one attached hydrogen (secondary N) is 1. The van der Waals surface area contributed by atoms with Crippen LogP contribution in [0.2, 0.25) is 0 Å². The van der Waals surface area contributed by atoms with Crippen LogP contribution in [-0.4, -0.2) is 11.9 Å². The molecule has 0 saturated carbocycles. The number of hydrogen-bond donors (Lipinski definition) is 2. The van der Waals surface area contributed by atoms with Crippen molar-refractivity contribution < 1.29 is 4.79 Å². The Bertz CT molecular complexity index is 346. The van der Waals surface area contributed by atoms with Crippen molar-refractivity contribution in [2.75, 3.05) is 0 Å². The average molecular weight is 224 g/mol. The van der Waals surface area contributed by atoms with E-state index in [1.165, 1.54) is 10.4 Å². The zero-order chi connectivity index (χ0) is 11.3. The first-order chi connectivity index (χ1) is 7.15. The van der Waals surface area contributed by atoms with Gasteiger partial charge in [0.2, 0.25) is 5.91 Å². The van der Waals surface area contributed by atoms with Gasteiger partial charge in [0.15, 0.2) is 0 Å². The minimum Gasteiger partial charge on any atom is -0.350 e. The largest absolute Gasteiger partial charge is 0.350 e. The first kappa shape index (κ1) is 11.9. The zero-order valence-corrected chi connectivity index (χ0v) is 9.64. The molecule has 0 spiro atoms. The summed E-state index contributed by atoms with van der Waals surface area (Å²) in [6, 6.07) is 1.55. The first-order valence-electron chi connectivity index (χ1n) is 4.82. The fourth-order valence-corrected chi connectivity index (χ4v) is 2.02. The molecule has 0 aliphatic rings. The molecule has 0 aliphatic carbocycles. The molecule has 3 nitrogen and oxygen atoms in total. The molecule has 0 fully saturated rings. The summed E-state index contributed by atoms with van der Waals surface area (Å²) >= 11 is 1.64. The Kier molecular flexibility index (Phi) is 4.52. The Morgan fingerprint density at radius 3 is 3.07 bits per heavy atom. The maximum absolute atomic E-state index is 11.5. The van der Waals surface area contributed by atoms with Crippen LogP contribution in [0.5, 0.6) is 0 Å². The Hall–Kier alpha value is -1.13. The smallest absolute Gasteiger partial charge is 0.237 e. The summed E-state index contributed by atoms with van der Waals surface area (Å²) in [4.78, 5) is 12.6. The van der Waals surface area contributed by atoms with Gasteiger partial charge in [-0.3, -0.25) is 4.79 Å². The number of rotatable bonds is 5. The standard InChI is InChI=1S/C11H16N2OS/c1-3-4-9(12)11(14)13-7-10-8(2)5-6-15-10/h3,5-6,9H,1,4,7,12H2,2H3,(H,13,14). The highest BCUT2D eigenvalue weighted by atomic mass is 32.1. The minimum absolute atomic E-state index is 0.122. The van der Waals surface area contributed by atoms with Crippen molar-refractivity contribution in [3.05, 3.63) is 34.5 Å². The van der Waals surface area contributed by atoms with Crippen LogP contribution in [0.15, 0.2) is 24.1 Å². The van der Waals surface area contributed by atoms with E-state index in [9.17, 15) is 4.79 Å². The SMILES string of the molecule is C=CCC(N)C(=O)NCc1sccc1C. The van der Waals surface area contributed by atoms with E-state index in [0.29, 0.717) is 13.0 Å². The van der Waals surface area contributed by atoms with Gasteiger partial charge < -0.3 is 11.1 Å². The van der Waals surface area contributed by atoms with Crippen LogP contribution in [0.3, 0.4) is 0 Å². The predicted molar refractivity (Wildman–Crippen MR) is 63.7 cm³/mol. The maximum Gasteiger partial charge on any atom is 0.237 e. The van der Waals surface area contributed by atoms with E-state index in [1.807, 2.05) is 18.4 Å². The lowest BCUT2D eigenvalue weighted by molar-refractivity contribution is -0.122. The Morgan fingerprint density at radius 1 is 1.80 bits per heavy atom. The molecule has 15 heavy (non-hydrogen) atoms. The van der Waals surface area contributed by atoms with Gasteiger partial charge in [0.25, 0.3) is 0 Å². The highest BCUT2D eigenvalue weighted by Crippen LogP contribution is 2.14. The number of hydrogen-bond acceptors (Lipinski definition) is 3. The van der Waals surface area contributed by atoms with E-state index in [0.717, 1.165) is 0 Å². The van der Waals surface area contributed by atoms with E-state index in [1.54, 1.807) is 17.4 Å². The molecule has 0 radical (unpaired) electrons. The van der Waals surface area contributed by atoms with Crippen molar-refractivity contribution in [2.24, 2.45) is 5.73 Å². The Morgan fingerprint density at radius 2 is 2.53 bits per heavy atom.